The third-order valence-electron chi connectivity index (χ3n) is 6.67. The number of hydrogen-bond acceptors (Lipinski definition) is 5. The number of hydrogen-bond donors (Lipinski definition) is 2. The lowest BCUT2D eigenvalue weighted by Crippen LogP contribution is -2.56. The molecule has 5 nitrogen and oxygen atoms in total. The molecule has 2 N–H and O–H groups in total. The van der Waals surface area contributed by atoms with Crippen molar-refractivity contribution < 1.29 is 9.84 Å². The fraction of sp³-hybridized carbons (Fsp3) is 0.520. The third-order valence-corrected chi connectivity index (χ3v) is 6.67. The number of anilines is 2. The SMILES string of the molecule is CCC=C(C)C=CCC(O)N1CCC2(CC1)Nc1cc(OC)ccc1N1CCC=C12. The Hall–Kier alpha value is -2.24. The summed E-state index contributed by atoms with van der Waals surface area (Å²) in [7, 11) is 1.72. The van der Waals surface area contributed by atoms with Crippen LogP contribution in [0.4, 0.5) is 11.4 Å². The predicted molar refractivity (Wildman–Crippen MR) is 124 cm³/mol. The van der Waals surface area contributed by atoms with E-state index in [0.29, 0.717) is 6.42 Å². The average molecular weight is 410 g/mol. The van der Waals surface area contributed by atoms with Crippen LogP contribution >= 0.6 is 0 Å². The molecule has 1 saturated heterocycles. The lowest BCUT2D eigenvalue weighted by molar-refractivity contribution is -0.0131. The van der Waals surface area contributed by atoms with Gasteiger partial charge in [-0.15, -0.1) is 0 Å². The van der Waals surface area contributed by atoms with Crippen LogP contribution in [0.3, 0.4) is 0 Å². The second kappa shape index (κ2) is 8.86. The summed E-state index contributed by atoms with van der Waals surface area (Å²) in [6.07, 6.45) is 13.2. The van der Waals surface area contributed by atoms with E-state index in [2.05, 4.69) is 65.4 Å². The Balaban J connectivity index is 1.45. The standard InChI is InChI=1S/C25H35N3O2/c1-4-7-19(2)8-5-10-24(29)27-16-13-25(14-17-27)23-9-6-15-28(23)22-12-11-20(30-3)18-21(22)26-25/h5,7-9,11-12,18,24,26,29H,4,6,10,13-17H2,1-3H3. The Kier molecular flexibility index (Phi) is 6.21. The number of likely N-dealkylation sites (tertiary alicyclic amines) is 1. The van der Waals surface area contributed by atoms with Gasteiger partial charge in [0.15, 0.2) is 0 Å². The summed E-state index contributed by atoms with van der Waals surface area (Å²) in [5, 5.41) is 14.6. The number of aliphatic hydroxyl groups is 1. The van der Waals surface area contributed by atoms with Gasteiger partial charge in [0.2, 0.25) is 0 Å². The number of piperidine rings is 1. The molecule has 1 unspecified atom stereocenters. The Morgan fingerprint density at radius 3 is 2.83 bits per heavy atom. The highest BCUT2D eigenvalue weighted by Crippen LogP contribution is 2.48. The normalized spacial score (nSPS) is 21.9. The van der Waals surface area contributed by atoms with Crippen molar-refractivity contribution >= 4 is 11.4 Å². The minimum absolute atomic E-state index is 0.0532. The monoisotopic (exact) mass is 409 g/mol. The molecule has 1 spiro atoms. The van der Waals surface area contributed by atoms with Crippen LogP contribution in [-0.4, -0.2) is 48.5 Å². The zero-order valence-electron chi connectivity index (χ0n) is 18.5. The molecule has 4 rings (SSSR count). The first-order valence-electron chi connectivity index (χ1n) is 11.3. The van der Waals surface area contributed by atoms with Gasteiger partial charge < -0.3 is 20.1 Å². The molecular weight excluding hydrogens is 374 g/mol. The summed E-state index contributed by atoms with van der Waals surface area (Å²) >= 11 is 0. The highest BCUT2D eigenvalue weighted by Gasteiger charge is 2.46. The first-order chi connectivity index (χ1) is 14.6. The van der Waals surface area contributed by atoms with E-state index in [-0.39, 0.29) is 5.54 Å². The van der Waals surface area contributed by atoms with Crippen molar-refractivity contribution in [2.45, 2.75) is 57.7 Å². The summed E-state index contributed by atoms with van der Waals surface area (Å²) in [5.74, 6) is 0.884. The maximum absolute atomic E-state index is 10.7. The lowest BCUT2D eigenvalue weighted by atomic mass is 9.81. The van der Waals surface area contributed by atoms with Gasteiger partial charge >= 0.3 is 0 Å². The number of allylic oxidation sites excluding steroid dienone is 3. The Labute approximate surface area is 180 Å². The molecule has 1 aromatic carbocycles. The molecule has 0 radical (unpaired) electrons. The van der Waals surface area contributed by atoms with E-state index in [0.717, 1.165) is 56.8 Å². The number of benzene rings is 1. The Morgan fingerprint density at radius 1 is 1.30 bits per heavy atom. The van der Waals surface area contributed by atoms with Crippen LogP contribution in [0, 0.1) is 0 Å². The van der Waals surface area contributed by atoms with Crippen molar-refractivity contribution in [3.05, 3.63) is 53.8 Å². The van der Waals surface area contributed by atoms with Crippen LogP contribution in [0.2, 0.25) is 0 Å². The number of nitrogens with one attached hydrogen (secondary N) is 1. The van der Waals surface area contributed by atoms with E-state index in [1.54, 1.807) is 7.11 Å². The minimum Gasteiger partial charge on any atom is -0.497 e. The third kappa shape index (κ3) is 4.01. The van der Waals surface area contributed by atoms with Gasteiger partial charge in [-0.25, -0.2) is 0 Å². The van der Waals surface area contributed by atoms with Crippen molar-refractivity contribution in [1.82, 2.24) is 4.90 Å². The predicted octanol–water partition coefficient (Wildman–Crippen LogP) is 4.67. The van der Waals surface area contributed by atoms with Crippen LogP contribution in [-0.2, 0) is 0 Å². The minimum atomic E-state index is -0.419. The summed E-state index contributed by atoms with van der Waals surface area (Å²) in [6.45, 7) is 7.07. The highest BCUT2D eigenvalue weighted by atomic mass is 16.5. The number of methoxy groups -OCH3 is 1. The van der Waals surface area contributed by atoms with Crippen molar-refractivity contribution in [2.24, 2.45) is 0 Å². The van der Waals surface area contributed by atoms with Crippen molar-refractivity contribution in [1.29, 1.82) is 0 Å². The number of fused-ring (bicyclic) bond motifs is 4. The smallest absolute Gasteiger partial charge is 0.121 e. The first-order valence-corrected chi connectivity index (χ1v) is 11.3. The summed E-state index contributed by atoms with van der Waals surface area (Å²) in [5.41, 5.74) is 5.02. The van der Waals surface area contributed by atoms with E-state index < -0.39 is 6.23 Å². The maximum atomic E-state index is 10.7. The molecule has 3 aliphatic heterocycles. The second-order valence-corrected chi connectivity index (χ2v) is 8.63. The van der Waals surface area contributed by atoms with Crippen LogP contribution in [0.15, 0.2) is 53.8 Å². The average Bonchev–Trinajstić information content (AvgIpc) is 3.25. The number of aliphatic hydroxyl groups excluding tert-OH is 1. The molecule has 1 fully saturated rings. The molecule has 0 aromatic heterocycles. The van der Waals surface area contributed by atoms with Crippen LogP contribution in [0.1, 0.15) is 46.0 Å². The summed E-state index contributed by atoms with van der Waals surface area (Å²) in [6, 6.07) is 6.32. The van der Waals surface area contributed by atoms with E-state index >= 15 is 0 Å². The molecule has 0 amide bonds. The van der Waals surface area contributed by atoms with E-state index in [9.17, 15) is 5.11 Å². The van der Waals surface area contributed by atoms with E-state index in [4.69, 9.17) is 4.74 Å². The molecule has 162 valence electrons. The van der Waals surface area contributed by atoms with E-state index in [1.165, 1.54) is 17.0 Å². The molecular formula is C25H35N3O2. The highest BCUT2D eigenvalue weighted by molar-refractivity contribution is 5.80. The summed E-state index contributed by atoms with van der Waals surface area (Å²) in [4.78, 5) is 4.69. The van der Waals surface area contributed by atoms with Crippen LogP contribution in [0.5, 0.6) is 5.75 Å². The second-order valence-electron chi connectivity index (χ2n) is 8.63. The quantitative estimate of drug-likeness (QED) is 0.669. The number of ether oxygens (including phenoxy) is 1. The van der Waals surface area contributed by atoms with Gasteiger partial charge in [0.1, 0.15) is 12.0 Å². The Morgan fingerprint density at radius 2 is 2.10 bits per heavy atom. The first kappa shape index (κ1) is 21.0. The molecule has 1 aromatic rings. The van der Waals surface area contributed by atoms with Gasteiger partial charge in [0.05, 0.1) is 24.0 Å². The largest absolute Gasteiger partial charge is 0.497 e. The number of rotatable bonds is 6. The molecule has 5 heteroatoms. The van der Waals surface area contributed by atoms with Crippen molar-refractivity contribution in [3.8, 4) is 5.75 Å². The topological polar surface area (TPSA) is 48.0 Å². The Bertz CT molecular complexity index is 850. The molecule has 30 heavy (non-hydrogen) atoms. The fourth-order valence-corrected chi connectivity index (χ4v) is 5.06. The molecule has 0 bridgehead atoms. The molecule has 3 heterocycles. The van der Waals surface area contributed by atoms with Gasteiger partial charge in [-0.05, 0) is 44.7 Å². The van der Waals surface area contributed by atoms with Crippen LogP contribution in [0.25, 0.3) is 0 Å². The van der Waals surface area contributed by atoms with Crippen molar-refractivity contribution in [3.63, 3.8) is 0 Å². The molecule has 0 aliphatic carbocycles. The fourth-order valence-electron chi connectivity index (χ4n) is 5.06. The maximum Gasteiger partial charge on any atom is 0.121 e. The number of nitrogens with zero attached hydrogens (tertiary/aromatic N) is 2. The van der Waals surface area contributed by atoms with Crippen molar-refractivity contribution in [2.75, 3.05) is 37.0 Å². The molecule has 3 aliphatic rings. The van der Waals surface area contributed by atoms with Crippen LogP contribution < -0.4 is 15.0 Å². The molecule has 1 atom stereocenters. The summed E-state index contributed by atoms with van der Waals surface area (Å²) < 4.78 is 5.46. The van der Waals surface area contributed by atoms with Gasteiger partial charge in [-0.3, -0.25) is 4.90 Å². The zero-order chi connectivity index (χ0) is 21.1. The van der Waals surface area contributed by atoms with Gasteiger partial charge in [-0.1, -0.05) is 36.8 Å². The molecule has 0 saturated carbocycles. The van der Waals surface area contributed by atoms with Gasteiger partial charge in [0, 0.05) is 37.8 Å². The van der Waals surface area contributed by atoms with Gasteiger partial charge in [-0.2, -0.15) is 0 Å². The van der Waals surface area contributed by atoms with E-state index in [1.807, 2.05) is 6.07 Å². The zero-order valence-corrected chi connectivity index (χ0v) is 18.5. The lowest BCUT2D eigenvalue weighted by Gasteiger charge is -2.50. The van der Waals surface area contributed by atoms with Gasteiger partial charge in [0.25, 0.3) is 0 Å².